The van der Waals surface area contributed by atoms with Crippen molar-refractivity contribution in [3.05, 3.63) is 70.4 Å². The van der Waals surface area contributed by atoms with Gasteiger partial charge in [-0.3, -0.25) is 9.78 Å². The quantitative estimate of drug-likeness (QED) is 0.321. The number of rotatable bonds is 5. The molecule has 1 aliphatic carbocycles. The minimum absolute atomic E-state index is 0.0495. The third-order valence-electron chi connectivity index (χ3n) is 7.85. The molecule has 37 heavy (non-hydrogen) atoms. The van der Waals surface area contributed by atoms with Crippen molar-refractivity contribution in [2.75, 3.05) is 6.54 Å². The molecule has 1 spiro atoms. The maximum atomic E-state index is 13.9. The van der Waals surface area contributed by atoms with Crippen LogP contribution in [0, 0.1) is 18.2 Å². The Kier molecular flexibility index (Phi) is 7.09. The van der Waals surface area contributed by atoms with Crippen LogP contribution in [0.3, 0.4) is 0 Å². The first kappa shape index (κ1) is 25.8. The molecule has 1 saturated heterocycles. The number of piperidine rings is 1. The Labute approximate surface area is 217 Å². The highest BCUT2D eigenvalue weighted by atomic mass is 32.1. The highest BCUT2D eigenvalue weighted by Crippen LogP contribution is 2.49. The van der Waals surface area contributed by atoms with Gasteiger partial charge in [-0.1, -0.05) is 25.0 Å². The van der Waals surface area contributed by atoms with Gasteiger partial charge in [0.25, 0.3) is 5.91 Å². The minimum Gasteiger partial charge on any atom is -0.334 e. The highest BCUT2D eigenvalue weighted by Gasteiger charge is 2.43. The van der Waals surface area contributed by atoms with Crippen LogP contribution in [0.2, 0.25) is 0 Å². The molecule has 0 N–H and O–H groups in total. The Balaban J connectivity index is 1.39. The monoisotopic (exact) mass is 531 g/mol. The molecule has 3 heterocycles. The molecule has 1 saturated carbocycles. The van der Waals surface area contributed by atoms with Gasteiger partial charge in [-0.15, -0.1) is 11.3 Å². The van der Waals surface area contributed by atoms with Crippen LogP contribution in [0.1, 0.15) is 71.7 Å². The lowest BCUT2D eigenvalue weighted by Crippen LogP contribution is -2.49. The molecule has 1 unspecified atom stereocenters. The minimum atomic E-state index is -4.42. The number of benzene rings is 1. The molecule has 0 bridgehead atoms. The fourth-order valence-corrected chi connectivity index (χ4v) is 6.83. The summed E-state index contributed by atoms with van der Waals surface area (Å²) < 4.78 is 52.3. The number of pyridine rings is 1. The molecule has 0 radical (unpaired) electrons. The van der Waals surface area contributed by atoms with E-state index in [0.717, 1.165) is 53.4 Å². The largest absolute Gasteiger partial charge is 0.417 e. The van der Waals surface area contributed by atoms with Crippen molar-refractivity contribution in [1.29, 1.82) is 0 Å². The molecule has 5 rings (SSSR count). The van der Waals surface area contributed by atoms with Crippen LogP contribution in [-0.4, -0.2) is 33.4 Å². The van der Waals surface area contributed by atoms with E-state index in [9.17, 15) is 22.4 Å². The zero-order valence-electron chi connectivity index (χ0n) is 20.7. The summed E-state index contributed by atoms with van der Waals surface area (Å²) in [7, 11) is 0. The summed E-state index contributed by atoms with van der Waals surface area (Å²) in [6.45, 7) is 2.48. The molecule has 1 amide bonds. The van der Waals surface area contributed by atoms with Gasteiger partial charge in [0, 0.05) is 24.5 Å². The van der Waals surface area contributed by atoms with E-state index in [2.05, 4.69) is 9.97 Å². The summed E-state index contributed by atoms with van der Waals surface area (Å²) in [5.74, 6) is -0.477. The third-order valence-corrected chi connectivity index (χ3v) is 8.87. The second-order valence-corrected chi connectivity index (χ2v) is 11.5. The van der Waals surface area contributed by atoms with Crippen LogP contribution in [0.5, 0.6) is 0 Å². The molecule has 1 atom stereocenters. The average molecular weight is 532 g/mol. The Morgan fingerprint density at radius 2 is 1.84 bits per heavy atom. The van der Waals surface area contributed by atoms with E-state index in [1.165, 1.54) is 42.4 Å². The number of alkyl halides is 3. The molecule has 3 aromatic rings. The van der Waals surface area contributed by atoms with Gasteiger partial charge >= 0.3 is 6.18 Å². The standard InChI is InChI=1S/C28H29F4N3OS/c1-18-34-24(25(37-18)19-4-7-21(29)8-5-19)26(36)35-15-14-27(12-2-3-13-27)16-23(35)11-10-22-9-6-20(17-33-22)28(30,31)32/h4-9,17,23H,2-3,10-16H2,1H3. The van der Waals surface area contributed by atoms with Crippen LogP contribution in [-0.2, 0) is 12.6 Å². The second-order valence-electron chi connectivity index (χ2n) is 10.3. The number of hydrogen-bond donors (Lipinski definition) is 0. The van der Waals surface area contributed by atoms with Gasteiger partial charge < -0.3 is 4.90 Å². The molecule has 1 aliphatic heterocycles. The summed E-state index contributed by atoms with van der Waals surface area (Å²) in [4.78, 5) is 25.2. The summed E-state index contributed by atoms with van der Waals surface area (Å²) in [5, 5.41) is 0.762. The van der Waals surface area contributed by atoms with E-state index < -0.39 is 11.7 Å². The lowest BCUT2D eigenvalue weighted by atomic mass is 9.73. The van der Waals surface area contributed by atoms with Crippen molar-refractivity contribution in [3.63, 3.8) is 0 Å². The SMILES string of the molecule is Cc1nc(C(=O)N2CCC3(CCCC3)CC2CCc2ccc(C(F)(F)F)cn2)c(-c2ccc(F)cc2)s1. The Hall–Kier alpha value is -2.81. The van der Waals surface area contributed by atoms with Crippen LogP contribution < -0.4 is 0 Å². The predicted octanol–water partition coefficient (Wildman–Crippen LogP) is 7.47. The molecule has 2 aliphatic rings. The van der Waals surface area contributed by atoms with Crippen LogP contribution in [0.25, 0.3) is 10.4 Å². The number of likely N-dealkylation sites (tertiary alicyclic amines) is 1. The first-order chi connectivity index (χ1) is 17.6. The lowest BCUT2D eigenvalue weighted by molar-refractivity contribution is -0.137. The summed E-state index contributed by atoms with van der Waals surface area (Å²) in [5.41, 5.74) is 1.19. The summed E-state index contributed by atoms with van der Waals surface area (Å²) >= 11 is 1.42. The van der Waals surface area contributed by atoms with Gasteiger partial charge in [-0.05, 0) is 80.7 Å². The fraction of sp³-hybridized carbons (Fsp3) is 0.464. The number of carbonyl (C=O) groups excluding carboxylic acids is 1. The van der Waals surface area contributed by atoms with E-state index in [-0.39, 0.29) is 23.2 Å². The van der Waals surface area contributed by atoms with Crippen molar-refractivity contribution in [3.8, 4) is 10.4 Å². The Bertz CT molecular complexity index is 1250. The van der Waals surface area contributed by atoms with Gasteiger partial charge in [-0.25, -0.2) is 9.37 Å². The third kappa shape index (κ3) is 5.56. The number of carbonyl (C=O) groups is 1. The second kappa shape index (κ2) is 10.2. The van der Waals surface area contributed by atoms with Crippen LogP contribution in [0.4, 0.5) is 17.6 Å². The number of halogens is 4. The van der Waals surface area contributed by atoms with E-state index in [1.807, 2.05) is 11.8 Å². The van der Waals surface area contributed by atoms with Crippen molar-refractivity contribution < 1.29 is 22.4 Å². The number of aromatic nitrogens is 2. The van der Waals surface area contributed by atoms with Gasteiger partial charge in [0.15, 0.2) is 0 Å². The van der Waals surface area contributed by atoms with E-state index in [4.69, 9.17) is 0 Å². The van der Waals surface area contributed by atoms with E-state index in [0.29, 0.717) is 30.8 Å². The van der Waals surface area contributed by atoms with Crippen molar-refractivity contribution in [1.82, 2.24) is 14.9 Å². The van der Waals surface area contributed by atoms with Crippen molar-refractivity contribution in [2.45, 2.75) is 70.5 Å². The van der Waals surface area contributed by atoms with Gasteiger partial charge in [-0.2, -0.15) is 13.2 Å². The zero-order chi connectivity index (χ0) is 26.2. The fourth-order valence-electron chi connectivity index (χ4n) is 5.92. The predicted molar refractivity (Wildman–Crippen MR) is 135 cm³/mol. The highest BCUT2D eigenvalue weighted by molar-refractivity contribution is 7.15. The van der Waals surface area contributed by atoms with Gasteiger partial charge in [0.2, 0.25) is 0 Å². The van der Waals surface area contributed by atoms with E-state index in [1.54, 1.807) is 12.1 Å². The normalized spacial score (nSPS) is 19.5. The maximum Gasteiger partial charge on any atom is 0.417 e. The number of aryl methyl sites for hydroxylation is 2. The molecule has 9 heteroatoms. The number of thiazole rings is 1. The molecule has 196 valence electrons. The summed E-state index contributed by atoms with van der Waals surface area (Å²) in [6.07, 6.45) is 4.11. The Morgan fingerprint density at radius 1 is 1.11 bits per heavy atom. The van der Waals surface area contributed by atoms with Gasteiger partial charge in [0.05, 0.1) is 15.4 Å². The van der Waals surface area contributed by atoms with Crippen molar-refractivity contribution in [2.24, 2.45) is 5.41 Å². The molecule has 2 aromatic heterocycles. The number of nitrogens with zero attached hydrogens (tertiary/aromatic N) is 3. The number of hydrogen-bond acceptors (Lipinski definition) is 4. The van der Waals surface area contributed by atoms with Crippen LogP contribution >= 0.6 is 11.3 Å². The first-order valence-electron chi connectivity index (χ1n) is 12.7. The smallest absolute Gasteiger partial charge is 0.334 e. The summed E-state index contributed by atoms with van der Waals surface area (Å²) in [6, 6.07) is 8.53. The molecular weight excluding hydrogens is 502 g/mol. The van der Waals surface area contributed by atoms with Crippen LogP contribution in [0.15, 0.2) is 42.6 Å². The van der Waals surface area contributed by atoms with E-state index >= 15 is 0 Å². The van der Waals surface area contributed by atoms with Crippen molar-refractivity contribution >= 4 is 17.2 Å². The Morgan fingerprint density at radius 3 is 2.49 bits per heavy atom. The lowest BCUT2D eigenvalue weighted by Gasteiger charge is -2.45. The molecular formula is C28H29F4N3OS. The first-order valence-corrected chi connectivity index (χ1v) is 13.5. The maximum absolute atomic E-state index is 13.9. The molecule has 4 nitrogen and oxygen atoms in total. The molecule has 2 fully saturated rings. The topological polar surface area (TPSA) is 46.1 Å². The molecule has 1 aromatic carbocycles. The zero-order valence-corrected chi connectivity index (χ0v) is 21.5. The number of amides is 1. The average Bonchev–Trinajstić information content (AvgIpc) is 3.49. The van der Waals surface area contributed by atoms with Gasteiger partial charge in [0.1, 0.15) is 11.5 Å².